The highest BCUT2D eigenvalue weighted by atomic mass is 16.2. The minimum Gasteiger partial charge on any atom is -0.382 e. The van der Waals surface area contributed by atoms with Crippen LogP contribution < -0.4 is 10.3 Å². The second kappa shape index (κ2) is 10.2. The van der Waals surface area contributed by atoms with Gasteiger partial charge in [-0.05, 0) is 73.1 Å². The summed E-state index contributed by atoms with van der Waals surface area (Å²) < 4.78 is 4.47. The van der Waals surface area contributed by atoms with Crippen molar-refractivity contribution in [1.82, 2.24) is 19.7 Å². The number of aromatic nitrogens is 4. The number of pyridine rings is 1. The number of nitrogens with two attached hydrogens (primary N) is 1. The summed E-state index contributed by atoms with van der Waals surface area (Å²) >= 11 is 0. The number of hydrogen-bond acceptors (Lipinski definition) is 4. The van der Waals surface area contributed by atoms with Crippen LogP contribution in [0.4, 0.5) is 5.82 Å². The SMILES string of the molecule is CN(C)C(=O)c1ccc(C2CC=CC(Cc3cc4c(-c5ccc(N)nn5)cc[n+](C)c4n3C)CC2)cc1. The highest BCUT2D eigenvalue weighted by Crippen LogP contribution is 2.34. The highest BCUT2D eigenvalue weighted by Gasteiger charge is 2.24. The van der Waals surface area contributed by atoms with Gasteiger partial charge in [-0.1, -0.05) is 24.3 Å². The summed E-state index contributed by atoms with van der Waals surface area (Å²) in [6, 6.07) is 16.3. The van der Waals surface area contributed by atoms with E-state index in [1.54, 1.807) is 25.1 Å². The van der Waals surface area contributed by atoms with Crippen molar-refractivity contribution in [1.29, 1.82) is 0 Å². The van der Waals surface area contributed by atoms with Crippen molar-refractivity contribution in [2.75, 3.05) is 19.8 Å². The molecule has 0 radical (unpaired) electrons. The van der Waals surface area contributed by atoms with Gasteiger partial charge in [0.2, 0.25) is 0 Å². The van der Waals surface area contributed by atoms with Crippen LogP contribution in [0.2, 0.25) is 0 Å². The summed E-state index contributed by atoms with van der Waals surface area (Å²) in [6.45, 7) is 0. The lowest BCUT2D eigenvalue weighted by Gasteiger charge is -2.17. The lowest BCUT2D eigenvalue weighted by atomic mass is 9.89. The maximum atomic E-state index is 12.2. The van der Waals surface area contributed by atoms with Crippen LogP contribution in [0.15, 0.2) is 66.9 Å². The molecule has 2 unspecified atom stereocenters. The summed E-state index contributed by atoms with van der Waals surface area (Å²) in [5.74, 6) is 1.42. The Labute approximate surface area is 218 Å². The Bertz CT molecular complexity index is 1450. The van der Waals surface area contributed by atoms with Crippen LogP contribution >= 0.6 is 0 Å². The molecule has 4 aromatic rings. The van der Waals surface area contributed by atoms with E-state index in [1.165, 1.54) is 16.6 Å². The molecule has 5 rings (SSSR count). The molecule has 0 fully saturated rings. The fourth-order valence-corrected chi connectivity index (χ4v) is 5.48. The number of nitrogen functional groups attached to an aromatic ring is 1. The number of benzene rings is 1. The van der Waals surface area contributed by atoms with Crippen LogP contribution in [0.1, 0.15) is 46.8 Å². The lowest BCUT2D eigenvalue weighted by molar-refractivity contribution is -0.647. The van der Waals surface area contributed by atoms with Crippen molar-refractivity contribution in [2.45, 2.75) is 31.6 Å². The van der Waals surface area contributed by atoms with E-state index in [0.717, 1.165) is 48.2 Å². The Morgan fingerprint density at radius 1 is 1.11 bits per heavy atom. The van der Waals surface area contributed by atoms with Crippen LogP contribution in [-0.4, -0.2) is 39.7 Å². The summed E-state index contributed by atoms with van der Waals surface area (Å²) in [4.78, 5) is 13.8. The van der Waals surface area contributed by atoms with Gasteiger partial charge < -0.3 is 10.6 Å². The van der Waals surface area contributed by atoms with Gasteiger partial charge in [-0.2, -0.15) is 0 Å². The molecule has 3 aromatic heterocycles. The van der Waals surface area contributed by atoms with E-state index in [4.69, 9.17) is 5.73 Å². The maximum Gasteiger partial charge on any atom is 0.289 e. The summed E-state index contributed by atoms with van der Waals surface area (Å²) in [5.41, 5.74) is 12.2. The highest BCUT2D eigenvalue weighted by molar-refractivity contribution is 5.94. The van der Waals surface area contributed by atoms with Crippen LogP contribution in [-0.2, 0) is 20.5 Å². The Kier molecular flexibility index (Phi) is 6.78. The summed E-state index contributed by atoms with van der Waals surface area (Å²) in [7, 11) is 7.80. The molecule has 37 heavy (non-hydrogen) atoms. The molecule has 190 valence electrons. The van der Waals surface area contributed by atoms with Crippen molar-refractivity contribution in [3.05, 3.63) is 83.7 Å². The topological polar surface area (TPSA) is 80.9 Å². The molecule has 1 aliphatic rings. The van der Waals surface area contributed by atoms with Gasteiger partial charge in [-0.15, -0.1) is 10.2 Å². The predicted octanol–water partition coefficient (Wildman–Crippen LogP) is 4.43. The van der Waals surface area contributed by atoms with E-state index in [9.17, 15) is 4.79 Å². The largest absolute Gasteiger partial charge is 0.382 e. The normalized spacial score (nSPS) is 17.6. The number of hydrogen-bond donors (Lipinski definition) is 1. The van der Waals surface area contributed by atoms with E-state index < -0.39 is 0 Å². The fourth-order valence-electron chi connectivity index (χ4n) is 5.48. The third-order valence-corrected chi connectivity index (χ3v) is 7.57. The van der Waals surface area contributed by atoms with Gasteiger partial charge in [0, 0.05) is 31.6 Å². The number of carbonyl (C=O) groups is 1. The zero-order valence-electron chi connectivity index (χ0n) is 22.1. The second-order valence-electron chi connectivity index (χ2n) is 10.3. The third kappa shape index (κ3) is 4.99. The predicted molar refractivity (Wildman–Crippen MR) is 147 cm³/mol. The molecule has 7 nitrogen and oxygen atoms in total. The Balaban J connectivity index is 1.34. The maximum absolute atomic E-state index is 12.2. The van der Waals surface area contributed by atoms with Gasteiger partial charge in [0.05, 0.1) is 31.4 Å². The average molecular weight is 496 g/mol. The molecule has 0 saturated carbocycles. The molecule has 3 heterocycles. The number of anilines is 1. The molecule has 0 bridgehead atoms. The molecular weight excluding hydrogens is 460 g/mol. The zero-order chi connectivity index (χ0) is 26.1. The molecule has 1 aliphatic carbocycles. The smallest absolute Gasteiger partial charge is 0.289 e. The van der Waals surface area contributed by atoms with Crippen LogP contribution in [0.5, 0.6) is 0 Å². The minimum atomic E-state index is 0.0438. The van der Waals surface area contributed by atoms with Crippen molar-refractivity contribution in [3.8, 4) is 11.3 Å². The first-order chi connectivity index (χ1) is 17.8. The van der Waals surface area contributed by atoms with Crippen molar-refractivity contribution in [3.63, 3.8) is 0 Å². The minimum absolute atomic E-state index is 0.0438. The third-order valence-electron chi connectivity index (χ3n) is 7.57. The molecule has 1 aromatic carbocycles. The van der Waals surface area contributed by atoms with Crippen molar-refractivity contribution >= 4 is 22.8 Å². The molecule has 7 heteroatoms. The van der Waals surface area contributed by atoms with Crippen LogP contribution in [0, 0.1) is 5.92 Å². The number of aryl methyl sites for hydroxylation is 2. The van der Waals surface area contributed by atoms with E-state index in [0.29, 0.717) is 17.7 Å². The zero-order valence-corrected chi connectivity index (χ0v) is 22.1. The van der Waals surface area contributed by atoms with Crippen LogP contribution in [0.25, 0.3) is 22.3 Å². The van der Waals surface area contributed by atoms with Gasteiger partial charge in [0.25, 0.3) is 11.6 Å². The van der Waals surface area contributed by atoms with Gasteiger partial charge in [0.15, 0.2) is 0 Å². The molecule has 1 amide bonds. The van der Waals surface area contributed by atoms with Gasteiger partial charge in [-0.3, -0.25) is 4.79 Å². The van der Waals surface area contributed by atoms with E-state index in [1.807, 2.05) is 18.2 Å². The number of carbonyl (C=O) groups excluding carboxylic acids is 1. The number of rotatable bonds is 5. The molecule has 2 atom stereocenters. The Morgan fingerprint density at radius 3 is 2.59 bits per heavy atom. The molecular formula is C30H35N6O+. The Hall–Kier alpha value is -4.00. The molecule has 0 aliphatic heterocycles. The van der Waals surface area contributed by atoms with E-state index in [-0.39, 0.29) is 5.91 Å². The van der Waals surface area contributed by atoms with Gasteiger partial charge >= 0.3 is 0 Å². The fraction of sp³-hybridized carbons (Fsp3) is 0.333. The first-order valence-electron chi connectivity index (χ1n) is 12.9. The first-order valence-corrected chi connectivity index (χ1v) is 12.9. The molecule has 0 spiro atoms. The lowest BCUT2D eigenvalue weighted by Crippen LogP contribution is -2.30. The standard InChI is InChI=1S/C30H34N6O/c1-34(2)30(37)23-12-10-22(11-13-23)21-7-5-6-20(8-9-21)18-24-19-26-25(27-14-15-28(31)33-32-27)16-17-35(3)29(26)36(24)4/h5-6,10-17,19-21,31H,7-9,18H2,1-4H3/p+1. The second-order valence-corrected chi connectivity index (χ2v) is 10.3. The number of fused-ring (bicyclic) bond motifs is 1. The summed E-state index contributed by atoms with van der Waals surface area (Å²) in [5, 5.41) is 9.56. The van der Waals surface area contributed by atoms with Crippen LogP contribution in [0.3, 0.4) is 0 Å². The summed E-state index contributed by atoms with van der Waals surface area (Å²) in [6.07, 6.45) is 11.1. The Morgan fingerprint density at radius 2 is 1.89 bits per heavy atom. The first kappa shape index (κ1) is 24.7. The van der Waals surface area contributed by atoms with Gasteiger partial charge in [-0.25, -0.2) is 9.13 Å². The van der Waals surface area contributed by atoms with E-state index >= 15 is 0 Å². The number of amides is 1. The number of allylic oxidation sites excluding steroid dienone is 2. The van der Waals surface area contributed by atoms with Gasteiger partial charge in [0.1, 0.15) is 11.5 Å². The van der Waals surface area contributed by atoms with Crippen molar-refractivity contribution in [2.24, 2.45) is 20.0 Å². The average Bonchev–Trinajstić information content (AvgIpc) is 3.06. The van der Waals surface area contributed by atoms with E-state index in [2.05, 4.69) is 76.0 Å². The molecule has 2 N–H and O–H groups in total. The molecule has 0 saturated heterocycles. The number of nitrogens with zero attached hydrogens (tertiary/aromatic N) is 5. The van der Waals surface area contributed by atoms with Crippen molar-refractivity contribution < 1.29 is 9.36 Å². The quantitative estimate of drug-likeness (QED) is 0.328. The monoisotopic (exact) mass is 495 g/mol.